The van der Waals surface area contributed by atoms with Crippen LogP contribution in [0, 0.1) is 5.92 Å². The maximum atomic E-state index is 12.2. The summed E-state index contributed by atoms with van der Waals surface area (Å²) in [5, 5.41) is 3.83. The second kappa shape index (κ2) is 6.92. The van der Waals surface area contributed by atoms with Crippen LogP contribution < -0.4 is 16.0 Å². The van der Waals surface area contributed by atoms with Crippen molar-refractivity contribution in [1.82, 2.24) is 10.3 Å². The first-order chi connectivity index (χ1) is 9.65. The number of nitrogens with one attached hydrogen (secondary N) is 1. The number of hydrogen-bond donors (Lipinski definition) is 2. The molecule has 6 heteroatoms. The van der Waals surface area contributed by atoms with Crippen LogP contribution in [0.15, 0.2) is 0 Å². The minimum atomic E-state index is -0.0784. The van der Waals surface area contributed by atoms with E-state index >= 15 is 0 Å². The predicted molar refractivity (Wildman–Crippen MR) is 84.4 cm³/mol. The Labute approximate surface area is 124 Å². The van der Waals surface area contributed by atoms with Crippen LogP contribution in [-0.4, -0.2) is 30.5 Å². The lowest BCUT2D eigenvalue weighted by Crippen LogP contribution is -2.28. The number of rotatable bonds is 6. The van der Waals surface area contributed by atoms with Gasteiger partial charge in [0.05, 0.1) is 0 Å². The van der Waals surface area contributed by atoms with Crippen molar-refractivity contribution in [1.29, 1.82) is 0 Å². The summed E-state index contributed by atoms with van der Waals surface area (Å²) in [6.45, 7) is 6.64. The topological polar surface area (TPSA) is 71.2 Å². The molecule has 1 heterocycles. The van der Waals surface area contributed by atoms with Crippen LogP contribution in [0.1, 0.15) is 49.2 Å². The largest absolute Gasteiger partial charge is 0.382 e. The molecule has 1 aromatic heterocycles. The van der Waals surface area contributed by atoms with Crippen LogP contribution >= 0.6 is 11.3 Å². The molecule has 0 atom stereocenters. The molecule has 2 rings (SSSR count). The number of nitrogen functional groups attached to an aromatic ring is 1. The molecule has 0 radical (unpaired) electrons. The minimum Gasteiger partial charge on any atom is -0.382 e. The second-order valence-corrected chi connectivity index (χ2v) is 6.22. The van der Waals surface area contributed by atoms with Crippen molar-refractivity contribution in [3.05, 3.63) is 4.88 Å². The van der Waals surface area contributed by atoms with Crippen LogP contribution in [0.3, 0.4) is 0 Å². The van der Waals surface area contributed by atoms with Gasteiger partial charge in [0.1, 0.15) is 10.7 Å². The highest BCUT2D eigenvalue weighted by atomic mass is 32.1. The highest BCUT2D eigenvalue weighted by Crippen LogP contribution is 2.28. The van der Waals surface area contributed by atoms with Gasteiger partial charge in [0, 0.05) is 19.6 Å². The van der Waals surface area contributed by atoms with Gasteiger partial charge in [0.15, 0.2) is 5.13 Å². The predicted octanol–water partition coefficient (Wildman–Crippen LogP) is 2.49. The first-order valence-electron chi connectivity index (χ1n) is 7.45. The van der Waals surface area contributed by atoms with E-state index in [9.17, 15) is 4.79 Å². The monoisotopic (exact) mass is 296 g/mol. The van der Waals surface area contributed by atoms with Crippen LogP contribution in [-0.2, 0) is 0 Å². The van der Waals surface area contributed by atoms with Crippen molar-refractivity contribution < 1.29 is 4.79 Å². The number of thiazole rings is 1. The molecule has 3 N–H and O–H groups in total. The molecule has 0 spiro atoms. The molecule has 1 saturated carbocycles. The Morgan fingerprint density at radius 3 is 2.65 bits per heavy atom. The average molecular weight is 296 g/mol. The third-order valence-electron chi connectivity index (χ3n) is 3.91. The molecule has 1 aliphatic carbocycles. The molecule has 1 aliphatic rings. The zero-order valence-corrected chi connectivity index (χ0v) is 13.1. The Bertz CT molecular complexity index is 450. The Morgan fingerprint density at radius 1 is 1.40 bits per heavy atom. The normalized spacial score (nSPS) is 15.5. The zero-order chi connectivity index (χ0) is 14.5. The number of anilines is 2. The molecule has 0 bridgehead atoms. The van der Waals surface area contributed by atoms with Gasteiger partial charge in [0.2, 0.25) is 0 Å². The number of nitrogens with two attached hydrogens (primary N) is 1. The lowest BCUT2D eigenvalue weighted by atomic mass is 10.1. The lowest BCUT2D eigenvalue weighted by Gasteiger charge is -2.16. The summed E-state index contributed by atoms with van der Waals surface area (Å²) in [7, 11) is 0. The van der Waals surface area contributed by atoms with Crippen molar-refractivity contribution in [3.63, 3.8) is 0 Å². The fraction of sp³-hybridized carbons (Fsp3) is 0.714. The van der Waals surface area contributed by atoms with E-state index in [2.05, 4.69) is 29.0 Å². The maximum Gasteiger partial charge on any atom is 0.265 e. The summed E-state index contributed by atoms with van der Waals surface area (Å²) >= 11 is 1.39. The number of carbonyl (C=O) groups excluding carboxylic acids is 1. The van der Waals surface area contributed by atoms with E-state index in [4.69, 9.17) is 5.73 Å². The Kier molecular flexibility index (Phi) is 5.23. The molecule has 0 unspecified atom stereocenters. The Balaban J connectivity index is 1.98. The molecule has 1 aromatic rings. The van der Waals surface area contributed by atoms with Crippen molar-refractivity contribution >= 4 is 28.2 Å². The van der Waals surface area contributed by atoms with E-state index in [1.807, 2.05) is 0 Å². The second-order valence-electron chi connectivity index (χ2n) is 5.24. The van der Waals surface area contributed by atoms with Gasteiger partial charge in [-0.05, 0) is 32.6 Å². The summed E-state index contributed by atoms with van der Waals surface area (Å²) in [4.78, 5) is 19.2. The van der Waals surface area contributed by atoms with Crippen LogP contribution in [0.4, 0.5) is 10.9 Å². The first-order valence-corrected chi connectivity index (χ1v) is 8.26. The maximum absolute atomic E-state index is 12.2. The van der Waals surface area contributed by atoms with Gasteiger partial charge in [-0.2, -0.15) is 0 Å². The number of hydrogen-bond acceptors (Lipinski definition) is 5. The van der Waals surface area contributed by atoms with Gasteiger partial charge < -0.3 is 16.0 Å². The molecule has 20 heavy (non-hydrogen) atoms. The SMILES string of the molecule is CCN(CC)c1nc(N)c(C(=O)NCC2CCCC2)s1. The Morgan fingerprint density at radius 2 is 2.05 bits per heavy atom. The zero-order valence-electron chi connectivity index (χ0n) is 12.3. The third kappa shape index (κ3) is 3.42. The van der Waals surface area contributed by atoms with E-state index in [1.165, 1.54) is 37.0 Å². The summed E-state index contributed by atoms with van der Waals surface area (Å²) < 4.78 is 0. The molecule has 112 valence electrons. The van der Waals surface area contributed by atoms with E-state index < -0.39 is 0 Å². The summed E-state index contributed by atoms with van der Waals surface area (Å²) in [5.74, 6) is 0.904. The number of nitrogens with zero attached hydrogens (tertiary/aromatic N) is 2. The quantitative estimate of drug-likeness (QED) is 0.846. The van der Waals surface area contributed by atoms with Crippen LogP contribution in [0.25, 0.3) is 0 Å². The molecule has 0 aliphatic heterocycles. The van der Waals surface area contributed by atoms with E-state index in [-0.39, 0.29) is 5.91 Å². The smallest absolute Gasteiger partial charge is 0.265 e. The molecular weight excluding hydrogens is 272 g/mol. The lowest BCUT2D eigenvalue weighted by molar-refractivity contribution is 0.0952. The fourth-order valence-electron chi connectivity index (χ4n) is 2.64. The van der Waals surface area contributed by atoms with Gasteiger partial charge in [0.25, 0.3) is 5.91 Å². The molecule has 0 aromatic carbocycles. The van der Waals surface area contributed by atoms with E-state index in [0.29, 0.717) is 16.6 Å². The van der Waals surface area contributed by atoms with Crippen LogP contribution in [0.2, 0.25) is 0 Å². The standard InChI is InChI=1S/C14H24N4OS/c1-3-18(4-2)14-17-12(15)11(20-14)13(19)16-9-10-7-5-6-8-10/h10H,3-9,15H2,1-2H3,(H,16,19). The fourth-order valence-corrected chi connectivity index (χ4v) is 3.67. The van der Waals surface area contributed by atoms with Crippen molar-refractivity contribution in [3.8, 4) is 0 Å². The van der Waals surface area contributed by atoms with Crippen molar-refractivity contribution in [2.45, 2.75) is 39.5 Å². The van der Waals surface area contributed by atoms with Gasteiger partial charge >= 0.3 is 0 Å². The summed E-state index contributed by atoms with van der Waals surface area (Å²) in [5.41, 5.74) is 5.89. The Hall–Kier alpha value is -1.30. The van der Waals surface area contributed by atoms with Crippen molar-refractivity contribution in [2.75, 3.05) is 30.3 Å². The first kappa shape index (κ1) is 15.1. The molecule has 0 saturated heterocycles. The number of carbonyl (C=O) groups is 1. The van der Waals surface area contributed by atoms with Crippen LogP contribution in [0.5, 0.6) is 0 Å². The van der Waals surface area contributed by atoms with Gasteiger partial charge in [-0.15, -0.1) is 0 Å². The molecule has 5 nitrogen and oxygen atoms in total. The number of aromatic nitrogens is 1. The van der Waals surface area contributed by atoms with E-state index in [0.717, 1.165) is 24.8 Å². The van der Waals surface area contributed by atoms with Gasteiger partial charge in [-0.3, -0.25) is 4.79 Å². The molecule has 1 fully saturated rings. The summed E-state index contributed by atoms with van der Waals surface area (Å²) in [6, 6.07) is 0. The van der Waals surface area contributed by atoms with E-state index in [1.54, 1.807) is 0 Å². The minimum absolute atomic E-state index is 0.0784. The third-order valence-corrected chi connectivity index (χ3v) is 5.04. The summed E-state index contributed by atoms with van der Waals surface area (Å²) in [6.07, 6.45) is 5.02. The van der Waals surface area contributed by atoms with Gasteiger partial charge in [-0.25, -0.2) is 4.98 Å². The highest BCUT2D eigenvalue weighted by molar-refractivity contribution is 7.18. The molecular formula is C14H24N4OS. The van der Waals surface area contributed by atoms with Gasteiger partial charge in [-0.1, -0.05) is 24.2 Å². The average Bonchev–Trinajstić information content (AvgIpc) is 3.07. The molecule has 1 amide bonds. The number of amides is 1. The highest BCUT2D eigenvalue weighted by Gasteiger charge is 2.20. The van der Waals surface area contributed by atoms with Crippen molar-refractivity contribution in [2.24, 2.45) is 5.92 Å².